The van der Waals surface area contributed by atoms with Gasteiger partial charge in [-0.05, 0) is 18.4 Å². The molecule has 1 fully saturated rings. The zero-order chi connectivity index (χ0) is 16.0. The molecule has 1 aromatic rings. The van der Waals surface area contributed by atoms with E-state index < -0.39 is 9.96 Å². The highest BCUT2D eigenvalue weighted by atomic mass is 35.6. The molecule has 1 amide bonds. The van der Waals surface area contributed by atoms with Crippen LogP contribution < -0.4 is 10.6 Å². The van der Waals surface area contributed by atoms with E-state index in [1.807, 2.05) is 35.6 Å². The van der Waals surface area contributed by atoms with Crippen molar-refractivity contribution in [1.82, 2.24) is 5.32 Å². The zero-order valence-corrected chi connectivity index (χ0v) is 14.4. The third-order valence-corrected chi connectivity index (χ3v) is 4.24. The molecule has 4 nitrogen and oxygen atoms in total. The molecule has 22 heavy (non-hydrogen) atoms. The number of alkyl halides is 3. The Morgan fingerprint density at radius 1 is 1.36 bits per heavy atom. The summed E-state index contributed by atoms with van der Waals surface area (Å²) in [6.45, 7) is 1.43. The van der Waals surface area contributed by atoms with Gasteiger partial charge >= 0.3 is 0 Å². The van der Waals surface area contributed by atoms with Crippen molar-refractivity contribution < 1.29 is 14.8 Å². The minimum atomic E-state index is -1.58. The standard InChI is InChI=1S/C15H19Cl3N2O2/c16-15(17,18)14(19-10-12-7-4-8-22-12)20-13(21)9-11-5-2-1-3-6-11/h1-3,5-6,12,14,19H,4,7-10H2,(H,20,21)/p+1/t12-,14-/m0/s1. The van der Waals surface area contributed by atoms with Gasteiger partial charge in [-0.3, -0.25) is 4.79 Å². The molecule has 0 unspecified atom stereocenters. The summed E-state index contributed by atoms with van der Waals surface area (Å²) < 4.78 is 3.97. The lowest BCUT2D eigenvalue weighted by Gasteiger charge is -2.24. The monoisotopic (exact) mass is 365 g/mol. The lowest BCUT2D eigenvalue weighted by atomic mass is 10.1. The van der Waals surface area contributed by atoms with Crippen LogP contribution in [0.2, 0.25) is 0 Å². The summed E-state index contributed by atoms with van der Waals surface area (Å²) in [6.07, 6.45) is 1.82. The van der Waals surface area contributed by atoms with E-state index in [1.54, 1.807) is 0 Å². The maximum absolute atomic E-state index is 12.1. The zero-order valence-electron chi connectivity index (χ0n) is 12.1. The number of nitrogens with two attached hydrogens (primary N) is 1. The average molecular weight is 367 g/mol. The van der Waals surface area contributed by atoms with E-state index in [0.717, 1.165) is 25.0 Å². The Bertz CT molecular complexity index is 473. The van der Waals surface area contributed by atoms with Crippen LogP contribution in [0.1, 0.15) is 18.4 Å². The molecule has 1 aliphatic heterocycles. The van der Waals surface area contributed by atoms with Gasteiger partial charge in [0, 0.05) is 6.61 Å². The summed E-state index contributed by atoms with van der Waals surface area (Å²) >= 11 is 17.9. The van der Waals surface area contributed by atoms with E-state index in [0.29, 0.717) is 6.54 Å². The van der Waals surface area contributed by atoms with Gasteiger partial charge in [0.2, 0.25) is 12.1 Å². The third kappa shape index (κ3) is 5.94. The predicted molar refractivity (Wildman–Crippen MR) is 88.1 cm³/mol. The van der Waals surface area contributed by atoms with Crippen molar-refractivity contribution in [3.05, 3.63) is 35.9 Å². The number of hydrogen-bond donors (Lipinski definition) is 2. The van der Waals surface area contributed by atoms with Crippen molar-refractivity contribution in [2.24, 2.45) is 0 Å². The Morgan fingerprint density at radius 2 is 2.09 bits per heavy atom. The first-order valence-electron chi connectivity index (χ1n) is 7.30. The van der Waals surface area contributed by atoms with E-state index in [2.05, 4.69) is 5.32 Å². The van der Waals surface area contributed by atoms with Crippen LogP contribution in [0.4, 0.5) is 0 Å². The molecule has 0 bridgehead atoms. The summed E-state index contributed by atoms with van der Waals surface area (Å²) in [5, 5.41) is 4.61. The minimum absolute atomic E-state index is 0.154. The minimum Gasteiger partial charge on any atom is -0.372 e. The fourth-order valence-electron chi connectivity index (χ4n) is 2.40. The number of ether oxygens (including phenoxy) is 1. The number of amides is 1. The molecule has 1 aliphatic rings. The first-order valence-corrected chi connectivity index (χ1v) is 8.43. The molecule has 2 rings (SSSR count). The lowest BCUT2D eigenvalue weighted by molar-refractivity contribution is -0.697. The van der Waals surface area contributed by atoms with Crippen LogP contribution in [0.5, 0.6) is 0 Å². The quantitative estimate of drug-likeness (QED) is 0.596. The Balaban J connectivity index is 1.87. The van der Waals surface area contributed by atoms with Crippen LogP contribution in [0.15, 0.2) is 30.3 Å². The lowest BCUT2D eigenvalue weighted by Crippen LogP contribution is -2.97. The Hall–Kier alpha value is -0.520. The van der Waals surface area contributed by atoms with Crippen molar-refractivity contribution >= 4 is 40.7 Å². The van der Waals surface area contributed by atoms with Crippen molar-refractivity contribution in [2.45, 2.75) is 35.3 Å². The number of benzene rings is 1. The van der Waals surface area contributed by atoms with Gasteiger partial charge in [0.15, 0.2) is 0 Å². The molecule has 3 N–H and O–H groups in total. The van der Waals surface area contributed by atoms with Crippen molar-refractivity contribution in [3.63, 3.8) is 0 Å². The number of nitrogens with one attached hydrogen (secondary N) is 1. The van der Waals surface area contributed by atoms with Crippen LogP contribution in [0, 0.1) is 0 Å². The van der Waals surface area contributed by atoms with Crippen molar-refractivity contribution in [1.29, 1.82) is 0 Å². The number of halogens is 3. The number of quaternary nitrogens is 1. The van der Waals surface area contributed by atoms with E-state index in [1.165, 1.54) is 0 Å². The molecule has 1 saturated heterocycles. The van der Waals surface area contributed by atoms with Gasteiger partial charge in [0.25, 0.3) is 3.79 Å². The van der Waals surface area contributed by atoms with E-state index in [-0.39, 0.29) is 18.4 Å². The largest absolute Gasteiger partial charge is 0.372 e. The maximum atomic E-state index is 12.1. The van der Waals surface area contributed by atoms with Crippen LogP contribution in [0.3, 0.4) is 0 Å². The Labute approximate surface area is 145 Å². The van der Waals surface area contributed by atoms with Crippen LogP contribution in [0.25, 0.3) is 0 Å². The summed E-state index contributed by atoms with van der Waals surface area (Å²) in [5.41, 5.74) is 0.919. The molecule has 122 valence electrons. The van der Waals surface area contributed by atoms with Crippen molar-refractivity contribution in [3.8, 4) is 0 Å². The summed E-state index contributed by atoms with van der Waals surface area (Å²) in [5.74, 6) is -0.175. The molecule has 0 saturated carbocycles. The summed E-state index contributed by atoms with van der Waals surface area (Å²) in [6, 6.07) is 9.46. The Kier molecular flexibility index (Phi) is 6.78. The summed E-state index contributed by atoms with van der Waals surface area (Å²) in [7, 11) is 0. The van der Waals surface area contributed by atoms with Gasteiger partial charge in [0.05, 0.1) is 6.42 Å². The molecule has 1 heterocycles. The van der Waals surface area contributed by atoms with Gasteiger partial charge in [-0.2, -0.15) is 0 Å². The first-order chi connectivity index (χ1) is 10.4. The second-order valence-corrected chi connectivity index (χ2v) is 7.72. The number of carbonyl (C=O) groups is 1. The topological polar surface area (TPSA) is 54.9 Å². The predicted octanol–water partition coefficient (Wildman–Crippen LogP) is 1.78. The van der Waals surface area contributed by atoms with Gasteiger partial charge in [-0.25, -0.2) is 0 Å². The van der Waals surface area contributed by atoms with E-state index >= 15 is 0 Å². The van der Waals surface area contributed by atoms with Crippen LogP contribution in [-0.4, -0.2) is 35.1 Å². The molecule has 0 aromatic heterocycles. The maximum Gasteiger partial charge on any atom is 0.262 e. The molecule has 2 atom stereocenters. The third-order valence-electron chi connectivity index (χ3n) is 3.54. The highest BCUT2D eigenvalue weighted by Crippen LogP contribution is 2.27. The average Bonchev–Trinajstić information content (AvgIpc) is 2.96. The van der Waals surface area contributed by atoms with Crippen molar-refractivity contribution in [2.75, 3.05) is 13.2 Å². The van der Waals surface area contributed by atoms with E-state index in [9.17, 15) is 4.79 Å². The molecular weight excluding hydrogens is 347 g/mol. The smallest absolute Gasteiger partial charge is 0.262 e. The van der Waals surface area contributed by atoms with Crippen LogP contribution in [-0.2, 0) is 16.0 Å². The van der Waals surface area contributed by atoms with Gasteiger partial charge < -0.3 is 15.4 Å². The number of hydrogen-bond acceptors (Lipinski definition) is 2. The first kappa shape index (κ1) is 17.8. The highest BCUT2D eigenvalue weighted by Gasteiger charge is 2.38. The molecular formula is C15H20Cl3N2O2+. The fraction of sp³-hybridized carbons (Fsp3) is 0.533. The number of rotatable bonds is 6. The molecule has 0 aliphatic carbocycles. The van der Waals surface area contributed by atoms with Gasteiger partial charge in [-0.15, -0.1) is 0 Å². The fourth-order valence-corrected chi connectivity index (χ4v) is 2.83. The van der Waals surface area contributed by atoms with E-state index in [4.69, 9.17) is 39.5 Å². The van der Waals surface area contributed by atoms with Crippen LogP contribution >= 0.6 is 34.8 Å². The molecule has 0 radical (unpaired) electrons. The van der Waals surface area contributed by atoms with Gasteiger partial charge in [-0.1, -0.05) is 65.1 Å². The molecule has 7 heteroatoms. The second-order valence-electron chi connectivity index (χ2n) is 5.36. The normalized spacial score (nSPS) is 19.9. The molecule has 0 spiro atoms. The number of carbonyl (C=O) groups excluding carboxylic acids is 1. The SMILES string of the molecule is O=C(Cc1ccccc1)N[C@H]([NH2+]C[C@@H]1CCCO1)C(Cl)(Cl)Cl. The van der Waals surface area contributed by atoms with Gasteiger partial charge in [0.1, 0.15) is 12.6 Å². The summed E-state index contributed by atoms with van der Waals surface area (Å²) in [4.78, 5) is 12.1. The highest BCUT2D eigenvalue weighted by molar-refractivity contribution is 6.68. The second kappa shape index (κ2) is 8.37. The molecule has 1 aromatic carbocycles. The Morgan fingerprint density at radius 3 is 2.68 bits per heavy atom.